The van der Waals surface area contributed by atoms with Gasteiger partial charge in [0.25, 0.3) is 0 Å². The number of pyridine rings is 1. The number of carbonyl (C=O) groups is 1. The van der Waals surface area contributed by atoms with Crippen molar-refractivity contribution in [1.29, 1.82) is 0 Å². The van der Waals surface area contributed by atoms with E-state index in [1.54, 1.807) is 0 Å². The first-order chi connectivity index (χ1) is 9.34. The van der Waals surface area contributed by atoms with Crippen LogP contribution in [0.1, 0.15) is 6.42 Å². The first kappa shape index (κ1) is 12.8. The molecule has 1 amide bonds. The second kappa shape index (κ2) is 5.82. The highest BCUT2D eigenvalue weighted by molar-refractivity contribution is 7.99. The van der Waals surface area contributed by atoms with Crippen LogP contribution in [-0.4, -0.2) is 53.5 Å². The van der Waals surface area contributed by atoms with Gasteiger partial charge < -0.3 is 9.80 Å². The highest BCUT2D eigenvalue weighted by Crippen LogP contribution is 2.25. The van der Waals surface area contributed by atoms with Crippen LogP contribution in [0.5, 0.6) is 0 Å². The van der Waals surface area contributed by atoms with Gasteiger partial charge in [-0.05, 0) is 24.3 Å². The van der Waals surface area contributed by atoms with Crippen LogP contribution >= 0.6 is 11.8 Å². The SMILES string of the molecule is O=C(C1CCSC1)N1CCN(c2ccccn2)CC1. The fourth-order valence-corrected chi connectivity index (χ4v) is 3.90. The van der Waals surface area contributed by atoms with E-state index >= 15 is 0 Å². The molecule has 0 aromatic carbocycles. The van der Waals surface area contributed by atoms with Gasteiger partial charge in [0.1, 0.15) is 5.82 Å². The average molecular weight is 277 g/mol. The summed E-state index contributed by atoms with van der Waals surface area (Å²) in [6, 6.07) is 5.97. The summed E-state index contributed by atoms with van der Waals surface area (Å²) in [6.45, 7) is 3.44. The minimum absolute atomic E-state index is 0.270. The predicted molar refractivity (Wildman–Crippen MR) is 78.5 cm³/mol. The van der Waals surface area contributed by atoms with E-state index in [9.17, 15) is 4.79 Å². The standard InChI is InChI=1S/C14H19N3OS/c18-14(12-4-10-19-11-12)17-8-6-16(7-9-17)13-3-1-2-5-15-13/h1-3,5,12H,4,6-11H2. The van der Waals surface area contributed by atoms with E-state index < -0.39 is 0 Å². The van der Waals surface area contributed by atoms with Gasteiger partial charge in [0, 0.05) is 44.0 Å². The monoisotopic (exact) mass is 277 g/mol. The molecule has 1 atom stereocenters. The molecule has 0 spiro atoms. The lowest BCUT2D eigenvalue weighted by Gasteiger charge is -2.36. The van der Waals surface area contributed by atoms with Gasteiger partial charge >= 0.3 is 0 Å². The van der Waals surface area contributed by atoms with Crippen LogP contribution in [0.25, 0.3) is 0 Å². The van der Waals surface area contributed by atoms with Crippen LogP contribution in [0.15, 0.2) is 24.4 Å². The van der Waals surface area contributed by atoms with Crippen LogP contribution in [-0.2, 0) is 4.79 Å². The van der Waals surface area contributed by atoms with E-state index in [0.29, 0.717) is 5.91 Å². The number of thioether (sulfide) groups is 1. The Morgan fingerprint density at radius 1 is 1.26 bits per heavy atom. The summed E-state index contributed by atoms with van der Waals surface area (Å²) in [6.07, 6.45) is 2.88. The Hall–Kier alpha value is -1.23. The van der Waals surface area contributed by atoms with Gasteiger partial charge in [0.2, 0.25) is 5.91 Å². The van der Waals surface area contributed by atoms with Gasteiger partial charge in [-0.3, -0.25) is 4.79 Å². The molecule has 1 aromatic rings. The smallest absolute Gasteiger partial charge is 0.226 e. The van der Waals surface area contributed by atoms with Gasteiger partial charge in [0.15, 0.2) is 0 Å². The number of hydrogen-bond donors (Lipinski definition) is 0. The topological polar surface area (TPSA) is 36.4 Å². The fourth-order valence-electron chi connectivity index (χ4n) is 2.68. The van der Waals surface area contributed by atoms with Crippen LogP contribution in [0.4, 0.5) is 5.82 Å². The lowest BCUT2D eigenvalue weighted by molar-refractivity contribution is -0.135. The molecule has 4 nitrogen and oxygen atoms in total. The summed E-state index contributed by atoms with van der Waals surface area (Å²) in [7, 11) is 0. The Morgan fingerprint density at radius 2 is 2.11 bits per heavy atom. The van der Waals surface area contributed by atoms with Gasteiger partial charge in [0.05, 0.1) is 0 Å². The van der Waals surface area contributed by atoms with Crippen molar-refractivity contribution in [2.75, 3.05) is 42.6 Å². The fraction of sp³-hybridized carbons (Fsp3) is 0.571. The van der Waals surface area contributed by atoms with Crippen molar-refractivity contribution in [2.24, 2.45) is 5.92 Å². The summed E-state index contributed by atoms with van der Waals surface area (Å²) in [5, 5.41) is 0. The summed E-state index contributed by atoms with van der Waals surface area (Å²) in [5.74, 6) is 3.81. The van der Waals surface area contributed by atoms with Crippen molar-refractivity contribution < 1.29 is 4.79 Å². The molecule has 1 aromatic heterocycles. The van der Waals surface area contributed by atoms with Crippen molar-refractivity contribution in [1.82, 2.24) is 9.88 Å². The molecule has 3 heterocycles. The second-order valence-electron chi connectivity index (χ2n) is 5.06. The lowest BCUT2D eigenvalue weighted by atomic mass is 10.1. The zero-order chi connectivity index (χ0) is 13.1. The van der Waals surface area contributed by atoms with Crippen molar-refractivity contribution >= 4 is 23.5 Å². The molecule has 0 aliphatic carbocycles. The summed E-state index contributed by atoms with van der Waals surface area (Å²) >= 11 is 1.90. The molecule has 0 saturated carbocycles. The van der Waals surface area contributed by atoms with Gasteiger partial charge in [-0.1, -0.05) is 6.07 Å². The first-order valence-electron chi connectivity index (χ1n) is 6.87. The van der Waals surface area contributed by atoms with Crippen LogP contribution in [0.2, 0.25) is 0 Å². The van der Waals surface area contributed by atoms with Crippen molar-refractivity contribution in [3.05, 3.63) is 24.4 Å². The number of rotatable bonds is 2. The molecular weight excluding hydrogens is 258 g/mol. The summed E-state index contributed by atoms with van der Waals surface area (Å²) in [4.78, 5) is 21.0. The number of anilines is 1. The van der Waals surface area contributed by atoms with Gasteiger partial charge in [-0.15, -0.1) is 0 Å². The molecular formula is C14H19N3OS. The Kier molecular flexibility index (Phi) is 3.92. The summed E-state index contributed by atoms with van der Waals surface area (Å²) in [5.41, 5.74) is 0. The Bertz CT molecular complexity index is 426. The number of hydrogen-bond acceptors (Lipinski definition) is 4. The van der Waals surface area contributed by atoms with E-state index in [1.165, 1.54) is 0 Å². The maximum Gasteiger partial charge on any atom is 0.226 e. The molecule has 3 rings (SSSR count). The normalized spacial score (nSPS) is 23.7. The van der Waals surface area contributed by atoms with E-state index in [0.717, 1.165) is 49.9 Å². The van der Waals surface area contributed by atoms with E-state index in [1.807, 2.05) is 41.1 Å². The van der Waals surface area contributed by atoms with Crippen LogP contribution < -0.4 is 4.90 Å². The molecule has 0 bridgehead atoms. The molecule has 2 fully saturated rings. The third-order valence-corrected chi connectivity index (χ3v) is 5.01. The number of amides is 1. The highest BCUT2D eigenvalue weighted by Gasteiger charge is 2.29. The van der Waals surface area contributed by atoms with E-state index in [4.69, 9.17) is 0 Å². The highest BCUT2D eigenvalue weighted by atomic mass is 32.2. The molecule has 19 heavy (non-hydrogen) atoms. The molecule has 2 saturated heterocycles. The minimum Gasteiger partial charge on any atom is -0.353 e. The summed E-state index contributed by atoms with van der Waals surface area (Å²) < 4.78 is 0. The predicted octanol–water partition coefficient (Wildman–Crippen LogP) is 1.48. The molecule has 1 unspecified atom stereocenters. The molecule has 0 radical (unpaired) electrons. The lowest BCUT2D eigenvalue weighted by Crippen LogP contribution is -2.50. The largest absolute Gasteiger partial charge is 0.353 e. The maximum absolute atomic E-state index is 12.3. The van der Waals surface area contributed by atoms with Crippen molar-refractivity contribution in [3.63, 3.8) is 0 Å². The van der Waals surface area contributed by atoms with Crippen molar-refractivity contribution in [3.8, 4) is 0 Å². The van der Waals surface area contributed by atoms with Gasteiger partial charge in [-0.25, -0.2) is 4.98 Å². The Balaban J connectivity index is 1.56. The first-order valence-corrected chi connectivity index (χ1v) is 8.02. The molecule has 0 N–H and O–H groups in total. The Morgan fingerprint density at radius 3 is 2.74 bits per heavy atom. The maximum atomic E-state index is 12.3. The zero-order valence-electron chi connectivity index (χ0n) is 11.0. The van der Waals surface area contributed by atoms with Crippen LogP contribution in [0.3, 0.4) is 0 Å². The van der Waals surface area contributed by atoms with Crippen LogP contribution in [0, 0.1) is 5.92 Å². The van der Waals surface area contributed by atoms with E-state index in [2.05, 4.69) is 9.88 Å². The number of aromatic nitrogens is 1. The third kappa shape index (κ3) is 2.86. The zero-order valence-corrected chi connectivity index (χ0v) is 11.8. The number of carbonyl (C=O) groups excluding carboxylic acids is 1. The van der Waals surface area contributed by atoms with E-state index in [-0.39, 0.29) is 5.92 Å². The average Bonchev–Trinajstić information content (AvgIpc) is 3.02. The molecule has 2 aliphatic heterocycles. The van der Waals surface area contributed by atoms with Crippen molar-refractivity contribution in [2.45, 2.75) is 6.42 Å². The second-order valence-corrected chi connectivity index (χ2v) is 6.21. The minimum atomic E-state index is 0.270. The molecule has 102 valence electrons. The number of piperazine rings is 1. The number of nitrogens with zero attached hydrogens (tertiary/aromatic N) is 3. The molecule has 2 aliphatic rings. The molecule has 5 heteroatoms. The van der Waals surface area contributed by atoms with Gasteiger partial charge in [-0.2, -0.15) is 11.8 Å². The Labute approximate surface area is 118 Å². The third-order valence-electron chi connectivity index (χ3n) is 3.84. The quantitative estimate of drug-likeness (QED) is 0.820.